The minimum absolute atomic E-state index is 0. The topological polar surface area (TPSA) is 50.7 Å². The summed E-state index contributed by atoms with van der Waals surface area (Å²) in [5.74, 6) is 1.49. The molecule has 0 saturated heterocycles. The maximum absolute atomic E-state index is 9.18. The fourth-order valence-electron chi connectivity index (χ4n) is 1.49. The van der Waals surface area contributed by atoms with Gasteiger partial charge >= 0.3 is 0 Å². The van der Waals surface area contributed by atoms with Gasteiger partial charge in [-0.2, -0.15) is 0 Å². The van der Waals surface area contributed by atoms with Crippen LogP contribution in [0.4, 0.5) is 0 Å². The van der Waals surface area contributed by atoms with Gasteiger partial charge in [0.25, 0.3) is 0 Å². The molecule has 0 aromatic heterocycles. The van der Waals surface area contributed by atoms with Crippen molar-refractivity contribution < 1.29 is 14.6 Å². The van der Waals surface area contributed by atoms with Gasteiger partial charge in [0.05, 0.1) is 20.3 Å². The number of hydrogen-bond donors (Lipinski definition) is 2. The molecule has 0 bridgehead atoms. The predicted octanol–water partition coefficient (Wildman–Crippen LogP) is 2.38. The standard InChI is InChI=1S/C14H23NO3.ClH/c1-5-18-12-7-6-11(8-13(12)17-4)9-15-14(2,3)10-16;/h6-8,15-16H,5,9-10H2,1-4H3;1H. The highest BCUT2D eigenvalue weighted by Crippen LogP contribution is 2.28. The fraction of sp³-hybridized carbons (Fsp3) is 0.571. The predicted molar refractivity (Wildman–Crippen MR) is 79.4 cm³/mol. The average Bonchev–Trinajstić information content (AvgIpc) is 2.38. The monoisotopic (exact) mass is 289 g/mol. The van der Waals surface area contributed by atoms with Crippen LogP contribution in [-0.4, -0.2) is 31.0 Å². The number of nitrogens with one attached hydrogen (secondary N) is 1. The van der Waals surface area contributed by atoms with Crippen molar-refractivity contribution >= 4 is 12.4 Å². The zero-order valence-corrected chi connectivity index (χ0v) is 12.8. The third kappa shape index (κ3) is 5.68. The molecule has 19 heavy (non-hydrogen) atoms. The van der Waals surface area contributed by atoms with Gasteiger partial charge in [0.15, 0.2) is 11.5 Å². The molecule has 1 aromatic rings. The first-order chi connectivity index (χ1) is 8.52. The van der Waals surface area contributed by atoms with Crippen molar-refractivity contribution in [2.24, 2.45) is 0 Å². The average molecular weight is 290 g/mol. The van der Waals surface area contributed by atoms with Gasteiger partial charge in [-0.1, -0.05) is 6.07 Å². The van der Waals surface area contributed by atoms with Gasteiger partial charge < -0.3 is 19.9 Å². The maximum Gasteiger partial charge on any atom is 0.161 e. The SMILES string of the molecule is CCOc1ccc(CNC(C)(C)CO)cc1OC.Cl. The first kappa shape index (κ1) is 18.0. The van der Waals surface area contributed by atoms with Gasteiger partial charge in [0.1, 0.15) is 0 Å². The molecular formula is C14H24ClNO3. The fourth-order valence-corrected chi connectivity index (χ4v) is 1.49. The summed E-state index contributed by atoms with van der Waals surface area (Å²) in [5, 5.41) is 12.5. The highest BCUT2D eigenvalue weighted by atomic mass is 35.5. The second kappa shape index (κ2) is 8.25. The van der Waals surface area contributed by atoms with Crippen molar-refractivity contribution in [3.05, 3.63) is 23.8 Å². The Labute approximate surface area is 121 Å². The lowest BCUT2D eigenvalue weighted by molar-refractivity contribution is 0.187. The van der Waals surface area contributed by atoms with Crippen LogP contribution in [0, 0.1) is 0 Å². The first-order valence-electron chi connectivity index (χ1n) is 6.18. The molecule has 5 heteroatoms. The summed E-state index contributed by atoms with van der Waals surface area (Å²) in [6.07, 6.45) is 0. The number of aliphatic hydroxyl groups excluding tert-OH is 1. The molecule has 2 N–H and O–H groups in total. The molecule has 0 heterocycles. The van der Waals surface area contributed by atoms with E-state index >= 15 is 0 Å². The zero-order chi connectivity index (χ0) is 13.6. The summed E-state index contributed by atoms with van der Waals surface area (Å²) in [6.45, 7) is 7.25. The Morgan fingerprint density at radius 3 is 2.47 bits per heavy atom. The highest BCUT2D eigenvalue weighted by Gasteiger charge is 2.15. The first-order valence-corrected chi connectivity index (χ1v) is 6.18. The van der Waals surface area contributed by atoms with Crippen LogP contribution in [-0.2, 0) is 6.54 Å². The van der Waals surface area contributed by atoms with Crippen molar-refractivity contribution in [3.63, 3.8) is 0 Å². The molecule has 0 amide bonds. The molecule has 0 spiro atoms. The molecule has 110 valence electrons. The van der Waals surface area contributed by atoms with Crippen molar-refractivity contribution in [3.8, 4) is 11.5 Å². The van der Waals surface area contributed by atoms with Crippen LogP contribution in [0.25, 0.3) is 0 Å². The Kier molecular flexibility index (Phi) is 7.83. The van der Waals surface area contributed by atoms with E-state index in [0.717, 1.165) is 17.1 Å². The quantitative estimate of drug-likeness (QED) is 0.809. The lowest BCUT2D eigenvalue weighted by atomic mass is 10.1. The van der Waals surface area contributed by atoms with E-state index in [-0.39, 0.29) is 24.6 Å². The summed E-state index contributed by atoms with van der Waals surface area (Å²) in [7, 11) is 1.63. The zero-order valence-electron chi connectivity index (χ0n) is 12.0. The number of ether oxygens (including phenoxy) is 2. The van der Waals surface area contributed by atoms with Crippen LogP contribution in [0.5, 0.6) is 11.5 Å². The molecule has 4 nitrogen and oxygen atoms in total. The van der Waals surface area contributed by atoms with Crippen molar-refractivity contribution in [1.82, 2.24) is 5.32 Å². The van der Waals surface area contributed by atoms with Crippen LogP contribution in [0.2, 0.25) is 0 Å². The van der Waals surface area contributed by atoms with Gasteiger partial charge in [-0.3, -0.25) is 0 Å². The molecule has 0 fully saturated rings. The van der Waals surface area contributed by atoms with Crippen LogP contribution >= 0.6 is 12.4 Å². The normalized spacial score (nSPS) is 10.8. The van der Waals surface area contributed by atoms with Gasteiger partial charge in [-0.25, -0.2) is 0 Å². The van der Waals surface area contributed by atoms with Crippen LogP contribution in [0.1, 0.15) is 26.3 Å². The third-order valence-corrected chi connectivity index (χ3v) is 2.69. The van der Waals surface area contributed by atoms with E-state index in [1.807, 2.05) is 39.0 Å². The largest absolute Gasteiger partial charge is 0.493 e. The molecular weight excluding hydrogens is 266 g/mol. The smallest absolute Gasteiger partial charge is 0.161 e. The van der Waals surface area contributed by atoms with Gasteiger partial charge in [0.2, 0.25) is 0 Å². The highest BCUT2D eigenvalue weighted by molar-refractivity contribution is 5.85. The summed E-state index contributed by atoms with van der Waals surface area (Å²) in [4.78, 5) is 0. The molecule has 0 saturated carbocycles. The second-order valence-corrected chi connectivity index (χ2v) is 4.81. The Morgan fingerprint density at radius 1 is 1.26 bits per heavy atom. The summed E-state index contributed by atoms with van der Waals surface area (Å²) < 4.78 is 10.8. The Balaban J connectivity index is 0.00000324. The summed E-state index contributed by atoms with van der Waals surface area (Å²) in [6, 6.07) is 5.85. The van der Waals surface area contributed by atoms with Crippen LogP contribution in [0.15, 0.2) is 18.2 Å². The summed E-state index contributed by atoms with van der Waals surface area (Å²) >= 11 is 0. The molecule has 0 radical (unpaired) electrons. The number of benzene rings is 1. The van der Waals surface area contributed by atoms with Crippen molar-refractivity contribution in [2.45, 2.75) is 32.9 Å². The second-order valence-electron chi connectivity index (χ2n) is 4.81. The molecule has 0 unspecified atom stereocenters. The number of aliphatic hydroxyl groups is 1. The molecule has 1 aromatic carbocycles. The molecule has 0 aliphatic heterocycles. The van der Waals surface area contributed by atoms with Crippen LogP contribution < -0.4 is 14.8 Å². The number of hydrogen-bond acceptors (Lipinski definition) is 4. The van der Waals surface area contributed by atoms with E-state index < -0.39 is 0 Å². The maximum atomic E-state index is 9.18. The minimum Gasteiger partial charge on any atom is -0.493 e. The number of rotatable bonds is 7. The molecule has 0 aliphatic rings. The minimum atomic E-state index is -0.286. The molecule has 0 atom stereocenters. The van der Waals surface area contributed by atoms with Gasteiger partial charge in [-0.05, 0) is 38.5 Å². The Morgan fingerprint density at radius 2 is 1.95 bits per heavy atom. The van der Waals surface area contributed by atoms with Crippen molar-refractivity contribution in [1.29, 1.82) is 0 Å². The molecule has 0 aliphatic carbocycles. The van der Waals surface area contributed by atoms with E-state index in [0.29, 0.717) is 13.2 Å². The lowest BCUT2D eigenvalue weighted by Gasteiger charge is -2.23. The van der Waals surface area contributed by atoms with E-state index in [2.05, 4.69) is 5.32 Å². The van der Waals surface area contributed by atoms with E-state index in [1.54, 1.807) is 7.11 Å². The Bertz CT molecular complexity index is 383. The van der Waals surface area contributed by atoms with Gasteiger partial charge in [0, 0.05) is 12.1 Å². The van der Waals surface area contributed by atoms with E-state index in [4.69, 9.17) is 9.47 Å². The third-order valence-electron chi connectivity index (χ3n) is 2.69. The van der Waals surface area contributed by atoms with E-state index in [9.17, 15) is 5.11 Å². The number of halogens is 1. The van der Waals surface area contributed by atoms with Crippen LogP contribution in [0.3, 0.4) is 0 Å². The molecule has 1 rings (SSSR count). The number of methoxy groups -OCH3 is 1. The van der Waals surface area contributed by atoms with Crippen molar-refractivity contribution in [2.75, 3.05) is 20.3 Å². The Hall–Kier alpha value is -0.970. The summed E-state index contributed by atoms with van der Waals surface area (Å²) in [5.41, 5.74) is 0.808. The lowest BCUT2D eigenvalue weighted by Crippen LogP contribution is -2.42. The van der Waals surface area contributed by atoms with E-state index in [1.165, 1.54) is 0 Å². The van der Waals surface area contributed by atoms with Gasteiger partial charge in [-0.15, -0.1) is 12.4 Å².